The van der Waals surface area contributed by atoms with Crippen molar-refractivity contribution in [2.45, 2.75) is 0 Å². The average molecular weight is 549 g/mol. The number of non-ortho nitro benzene ring substituents is 2. The Morgan fingerprint density at radius 1 is 0.429 bits per heavy atom. The molecule has 0 saturated carbocycles. The van der Waals surface area contributed by atoms with Gasteiger partial charge in [0.2, 0.25) is 0 Å². The fourth-order valence-electron chi connectivity index (χ4n) is 6.42. The van der Waals surface area contributed by atoms with Crippen molar-refractivity contribution in [3.63, 3.8) is 0 Å². The van der Waals surface area contributed by atoms with Gasteiger partial charge in [-0.3, -0.25) is 29.8 Å². The summed E-state index contributed by atoms with van der Waals surface area (Å²) in [6, 6.07) is 27.4. The second-order valence-electron chi connectivity index (χ2n) is 10.5. The van der Waals surface area contributed by atoms with E-state index < -0.39 is 9.85 Å². The van der Waals surface area contributed by atoms with Crippen molar-refractivity contribution in [2.24, 2.45) is 0 Å². The van der Waals surface area contributed by atoms with E-state index in [0.717, 1.165) is 32.7 Å². The van der Waals surface area contributed by atoms with Gasteiger partial charge < -0.3 is 0 Å². The van der Waals surface area contributed by atoms with Crippen LogP contribution in [0, 0.1) is 20.2 Å². The topological polar surface area (TPSA) is 120 Å². The molecule has 198 valence electrons. The minimum absolute atomic E-state index is 0.106. The lowest BCUT2D eigenvalue weighted by atomic mass is 9.79. The molecule has 0 saturated heterocycles. The molecular weight excluding hydrogens is 532 g/mol. The molecular formula is C34H16N2O6. The zero-order chi connectivity index (χ0) is 28.9. The SMILES string of the molecule is O=C1c2ccc([N+](=O)[O-])cc2-c2cc(-c3cc4c5c(cccc5c3)C(=O)c3ccc([N+](=O)[O-])cc3-4)cc3cccc1c23. The monoisotopic (exact) mass is 548 g/mol. The first-order valence-electron chi connectivity index (χ1n) is 13.1. The molecule has 0 aliphatic heterocycles. The number of ketones is 2. The molecule has 6 aromatic carbocycles. The number of benzene rings is 6. The zero-order valence-corrected chi connectivity index (χ0v) is 21.6. The number of nitrogens with zero attached hydrogens (tertiary/aromatic N) is 2. The lowest BCUT2D eigenvalue weighted by molar-refractivity contribution is -0.385. The van der Waals surface area contributed by atoms with Crippen molar-refractivity contribution >= 4 is 44.5 Å². The van der Waals surface area contributed by atoms with E-state index in [1.165, 1.54) is 36.4 Å². The van der Waals surface area contributed by atoms with Gasteiger partial charge in [0.25, 0.3) is 11.4 Å². The van der Waals surface area contributed by atoms with Crippen LogP contribution in [0.4, 0.5) is 11.4 Å². The fourth-order valence-corrected chi connectivity index (χ4v) is 6.42. The van der Waals surface area contributed by atoms with Crippen LogP contribution in [0.5, 0.6) is 0 Å². The molecule has 0 radical (unpaired) electrons. The Bertz CT molecular complexity index is 2140. The zero-order valence-electron chi connectivity index (χ0n) is 21.6. The highest BCUT2D eigenvalue weighted by Crippen LogP contribution is 2.46. The van der Waals surface area contributed by atoms with E-state index in [2.05, 4.69) is 0 Å². The second kappa shape index (κ2) is 8.25. The first-order chi connectivity index (χ1) is 20.3. The summed E-state index contributed by atoms with van der Waals surface area (Å²) in [5, 5.41) is 26.3. The minimum atomic E-state index is -0.476. The van der Waals surface area contributed by atoms with Gasteiger partial charge >= 0.3 is 0 Å². The molecule has 0 heterocycles. The van der Waals surface area contributed by atoms with Crippen LogP contribution >= 0.6 is 0 Å². The van der Waals surface area contributed by atoms with Crippen LogP contribution in [-0.4, -0.2) is 21.4 Å². The van der Waals surface area contributed by atoms with Crippen LogP contribution in [0.1, 0.15) is 31.8 Å². The van der Waals surface area contributed by atoms with Crippen LogP contribution in [0.15, 0.2) is 97.1 Å². The molecule has 0 spiro atoms. The number of carbonyl (C=O) groups is 2. The lowest BCUT2D eigenvalue weighted by Gasteiger charge is -2.23. The molecule has 42 heavy (non-hydrogen) atoms. The van der Waals surface area contributed by atoms with Crippen molar-refractivity contribution in [1.82, 2.24) is 0 Å². The Morgan fingerprint density at radius 2 is 0.857 bits per heavy atom. The Hall–Kier alpha value is -6.02. The van der Waals surface area contributed by atoms with Gasteiger partial charge in [0.05, 0.1) is 9.85 Å². The molecule has 0 atom stereocenters. The highest BCUT2D eigenvalue weighted by molar-refractivity contribution is 6.28. The highest BCUT2D eigenvalue weighted by atomic mass is 16.6. The van der Waals surface area contributed by atoms with Crippen LogP contribution in [0.25, 0.3) is 54.9 Å². The van der Waals surface area contributed by atoms with E-state index in [9.17, 15) is 29.8 Å². The van der Waals surface area contributed by atoms with Crippen LogP contribution in [0.3, 0.4) is 0 Å². The van der Waals surface area contributed by atoms with Gasteiger partial charge in [-0.25, -0.2) is 0 Å². The first kappa shape index (κ1) is 23.8. The second-order valence-corrected chi connectivity index (χ2v) is 10.5. The number of rotatable bonds is 3. The van der Waals surface area contributed by atoms with Crippen LogP contribution in [-0.2, 0) is 0 Å². The highest BCUT2D eigenvalue weighted by Gasteiger charge is 2.30. The number of carbonyl (C=O) groups excluding carboxylic acids is 2. The normalized spacial score (nSPS) is 12.8. The maximum absolute atomic E-state index is 13.4. The molecule has 2 aliphatic carbocycles. The lowest BCUT2D eigenvalue weighted by Crippen LogP contribution is -2.11. The van der Waals surface area contributed by atoms with E-state index >= 15 is 0 Å². The van der Waals surface area contributed by atoms with Gasteiger partial charge in [0.1, 0.15) is 0 Å². The average Bonchev–Trinajstić information content (AvgIpc) is 3.01. The van der Waals surface area contributed by atoms with Gasteiger partial charge in [-0.15, -0.1) is 0 Å². The van der Waals surface area contributed by atoms with Crippen molar-refractivity contribution in [3.05, 3.63) is 140 Å². The molecule has 8 nitrogen and oxygen atoms in total. The van der Waals surface area contributed by atoms with E-state index in [1.807, 2.05) is 48.5 Å². The van der Waals surface area contributed by atoms with Crippen molar-refractivity contribution in [1.29, 1.82) is 0 Å². The van der Waals surface area contributed by atoms with Gasteiger partial charge in [0.15, 0.2) is 11.6 Å². The molecule has 8 rings (SSSR count). The van der Waals surface area contributed by atoms with E-state index in [0.29, 0.717) is 44.5 Å². The summed E-state index contributed by atoms with van der Waals surface area (Å²) < 4.78 is 0. The van der Waals surface area contributed by atoms with Gasteiger partial charge in [-0.05, 0) is 69.4 Å². The Kier molecular flexibility index (Phi) is 4.68. The standard InChI is InChI=1S/C34H16N2O6/c37-33-23-9-7-21(35(39)40)15-27(23)29-13-19(11-17-3-1-5-25(33)31(17)29)20-12-18-4-2-6-26-32(18)30(14-20)28-16-22(36(41)42)8-10-24(28)34(26)38/h1-16H. The molecule has 0 bridgehead atoms. The summed E-state index contributed by atoms with van der Waals surface area (Å²) in [6.07, 6.45) is 0. The third-order valence-electron chi connectivity index (χ3n) is 8.27. The van der Waals surface area contributed by atoms with Crippen LogP contribution in [0.2, 0.25) is 0 Å². The summed E-state index contributed by atoms with van der Waals surface area (Å²) >= 11 is 0. The Balaban J connectivity index is 1.44. The predicted molar refractivity (Wildman–Crippen MR) is 158 cm³/mol. The quantitative estimate of drug-likeness (QED) is 0.163. The molecule has 2 aliphatic rings. The summed E-state index contributed by atoms with van der Waals surface area (Å²) in [7, 11) is 0. The van der Waals surface area contributed by atoms with Gasteiger partial charge in [-0.1, -0.05) is 36.4 Å². The Labute approximate surface area is 236 Å². The smallest absolute Gasteiger partial charge is 0.270 e. The van der Waals surface area contributed by atoms with Crippen molar-refractivity contribution in [2.75, 3.05) is 0 Å². The van der Waals surface area contributed by atoms with E-state index in [4.69, 9.17) is 0 Å². The molecule has 0 N–H and O–H groups in total. The summed E-state index contributed by atoms with van der Waals surface area (Å²) in [4.78, 5) is 49.0. The van der Waals surface area contributed by atoms with Crippen molar-refractivity contribution in [3.8, 4) is 33.4 Å². The number of hydrogen-bond acceptors (Lipinski definition) is 6. The molecule has 8 heteroatoms. The minimum Gasteiger partial charge on any atom is -0.289 e. The number of fused-ring (bicyclic) bond motifs is 4. The number of hydrogen-bond donors (Lipinski definition) is 0. The largest absolute Gasteiger partial charge is 0.289 e. The van der Waals surface area contributed by atoms with Crippen molar-refractivity contribution < 1.29 is 19.4 Å². The molecule has 0 amide bonds. The maximum Gasteiger partial charge on any atom is 0.270 e. The molecule has 0 unspecified atom stereocenters. The first-order valence-corrected chi connectivity index (χ1v) is 13.1. The Morgan fingerprint density at radius 3 is 1.26 bits per heavy atom. The van der Waals surface area contributed by atoms with Gasteiger partial charge in [0, 0.05) is 68.4 Å². The predicted octanol–water partition coefficient (Wildman–Crippen LogP) is 7.90. The third kappa shape index (κ3) is 3.17. The maximum atomic E-state index is 13.4. The van der Waals surface area contributed by atoms with Gasteiger partial charge in [-0.2, -0.15) is 0 Å². The third-order valence-corrected chi connectivity index (χ3v) is 8.27. The summed E-state index contributed by atoms with van der Waals surface area (Å²) in [6.45, 7) is 0. The van der Waals surface area contributed by atoms with E-state index in [1.54, 1.807) is 12.1 Å². The number of nitro groups is 2. The number of nitro benzene ring substituents is 2. The van der Waals surface area contributed by atoms with Crippen LogP contribution < -0.4 is 0 Å². The molecule has 6 aromatic rings. The van der Waals surface area contributed by atoms with E-state index in [-0.39, 0.29) is 22.9 Å². The summed E-state index contributed by atoms with van der Waals surface area (Å²) in [5.74, 6) is -0.368. The fraction of sp³-hybridized carbons (Fsp3) is 0. The molecule has 0 fully saturated rings. The molecule has 0 aromatic heterocycles. The summed E-state index contributed by atoms with van der Waals surface area (Å²) in [5.41, 5.74) is 5.67.